The fourth-order valence-corrected chi connectivity index (χ4v) is 0.966. The maximum absolute atomic E-state index is 13.0. The highest BCUT2D eigenvalue weighted by Gasteiger charge is 2.06. The van der Waals surface area contributed by atoms with Crippen molar-refractivity contribution in [1.82, 2.24) is 4.98 Å². The van der Waals surface area contributed by atoms with Crippen LogP contribution < -0.4 is 0 Å². The van der Waals surface area contributed by atoms with Gasteiger partial charge in [0.2, 0.25) is 5.95 Å². The zero-order valence-electron chi connectivity index (χ0n) is 9.06. The van der Waals surface area contributed by atoms with Crippen molar-refractivity contribution < 1.29 is 4.39 Å². The third-order valence-electron chi connectivity index (χ3n) is 1.64. The molecular weight excluding hydrogens is 165 g/mol. The molecule has 0 atom stereocenters. The molecule has 0 bridgehead atoms. The molecule has 1 rings (SSSR count). The van der Waals surface area contributed by atoms with Crippen LogP contribution in [-0.2, 0) is 0 Å². The maximum atomic E-state index is 13.0. The van der Waals surface area contributed by atoms with Crippen molar-refractivity contribution in [2.75, 3.05) is 0 Å². The topological polar surface area (TPSA) is 12.9 Å². The SMILES string of the molecule is CC.Cc1ccc(C(C)C)c(F)n1. The lowest BCUT2D eigenvalue weighted by Gasteiger charge is -2.05. The number of hydrogen-bond acceptors (Lipinski definition) is 1. The van der Waals surface area contributed by atoms with Crippen LogP contribution in [0.2, 0.25) is 0 Å². The third kappa shape index (κ3) is 3.53. The van der Waals surface area contributed by atoms with Gasteiger partial charge in [-0.3, -0.25) is 0 Å². The largest absolute Gasteiger partial charge is 0.225 e. The minimum Gasteiger partial charge on any atom is -0.225 e. The predicted molar refractivity (Wildman–Crippen MR) is 54.4 cm³/mol. The van der Waals surface area contributed by atoms with E-state index in [4.69, 9.17) is 0 Å². The lowest BCUT2D eigenvalue weighted by molar-refractivity contribution is 0.553. The number of pyridine rings is 1. The molecule has 0 radical (unpaired) electrons. The van der Waals surface area contributed by atoms with Crippen molar-refractivity contribution in [2.45, 2.75) is 40.5 Å². The molecule has 0 unspecified atom stereocenters. The van der Waals surface area contributed by atoms with Gasteiger partial charge in [0.25, 0.3) is 0 Å². The monoisotopic (exact) mass is 183 g/mol. The Labute approximate surface area is 80.0 Å². The molecule has 0 aromatic carbocycles. The fourth-order valence-electron chi connectivity index (χ4n) is 0.966. The van der Waals surface area contributed by atoms with Gasteiger partial charge < -0.3 is 0 Å². The second kappa shape index (κ2) is 5.68. The maximum Gasteiger partial charge on any atom is 0.216 e. The fraction of sp³-hybridized carbons (Fsp3) is 0.545. The second-order valence-corrected chi connectivity index (χ2v) is 2.99. The Morgan fingerprint density at radius 3 is 2.15 bits per heavy atom. The average Bonchev–Trinajstić information content (AvgIpc) is 2.07. The van der Waals surface area contributed by atoms with E-state index in [1.807, 2.05) is 33.8 Å². The molecule has 0 N–H and O–H groups in total. The van der Waals surface area contributed by atoms with E-state index in [9.17, 15) is 4.39 Å². The molecular formula is C11H18FN. The van der Waals surface area contributed by atoms with Crippen LogP contribution in [-0.4, -0.2) is 4.98 Å². The van der Waals surface area contributed by atoms with Gasteiger partial charge >= 0.3 is 0 Å². The summed E-state index contributed by atoms with van der Waals surface area (Å²) in [6.07, 6.45) is 0. The summed E-state index contributed by atoms with van der Waals surface area (Å²) in [5.41, 5.74) is 1.42. The molecule has 1 aromatic heterocycles. The van der Waals surface area contributed by atoms with Crippen molar-refractivity contribution in [3.8, 4) is 0 Å². The molecule has 1 nitrogen and oxygen atoms in total. The first-order valence-electron chi connectivity index (χ1n) is 4.74. The van der Waals surface area contributed by atoms with Crippen LogP contribution in [0.5, 0.6) is 0 Å². The van der Waals surface area contributed by atoms with Gasteiger partial charge in [-0.2, -0.15) is 4.39 Å². The molecule has 1 aromatic rings. The molecule has 0 fully saturated rings. The van der Waals surface area contributed by atoms with E-state index in [0.717, 1.165) is 5.69 Å². The molecule has 1 heterocycles. The smallest absolute Gasteiger partial charge is 0.216 e. The van der Waals surface area contributed by atoms with Crippen LogP contribution in [0.3, 0.4) is 0 Å². The van der Waals surface area contributed by atoms with Crippen LogP contribution in [0, 0.1) is 12.9 Å². The van der Waals surface area contributed by atoms with Gasteiger partial charge in [-0.1, -0.05) is 33.8 Å². The van der Waals surface area contributed by atoms with Crippen LogP contribution in [0.1, 0.15) is 44.9 Å². The number of aromatic nitrogens is 1. The first-order valence-corrected chi connectivity index (χ1v) is 4.74. The highest BCUT2D eigenvalue weighted by atomic mass is 19.1. The molecule has 0 aliphatic heterocycles. The summed E-state index contributed by atoms with van der Waals surface area (Å²) in [5.74, 6) is -0.122. The number of hydrogen-bond donors (Lipinski definition) is 0. The van der Waals surface area contributed by atoms with Crippen molar-refractivity contribution in [2.24, 2.45) is 0 Å². The van der Waals surface area contributed by atoms with Crippen molar-refractivity contribution in [1.29, 1.82) is 0 Å². The summed E-state index contributed by atoms with van der Waals surface area (Å²) in [6, 6.07) is 3.63. The van der Waals surface area contributed by atoms with Crippen LogP contribution in [0.15, 0.2) is 12.1 Å². The van der Waals surface area contributed by atoms with E-state index in [-0.39, 0.29) is 11.9 Å². The quantitative estimate of drug-likeness (QED) is 0.605. The highest BCUT2D eigenvalue weighted by molar-refractivity contribution is 5.17. The molecule has 0 aliphatic carbocycles. The normalized spacial score (nSPS) is 9.46. The van der Waals surface area contributed by atoms with Crippen LogP contribution >= 0.6 is 0 Å². The van der Waals surface area contributed by atoms with Gasteiger partial charge in [-0.25, -0.2) is 4.98 Å². The average molecular weight is 183 g/mol. The molecule has 0 saturated heterocycles. The molecule has 0 spiro atoms. The summed E-state index contributed by atoms with van der Waals surface area (Å²) < 4.78 is 13.0. The van der Waals surface area contributed by atoms with E-state index in [0.29, 0.717) is 5.56 Å². The lowest BCUT2D eigenvalue weighted by Crippen LogP contribution is -1.96. The Kier molecular flexibility index (Phi) is 5.28. The van der Waals surface area contributed by atoms with Crippen LogP contribution in [0.4, 0.5) is 4.39 Å². The zero-order chi connectivity index (χ0) is 10.4. The standard InChI is InChI=1S/C9H12FN.C2H6/c1-6(2)8-5-4-7(3)11-9(8)10;1-2/h4-6H,1-3H3;1-2H3. The number of rotatable bonds is 1. The van der Waals surface area contributed by atoms with E-state index >= 15 is 0 Å². The van der Waals surface area contributed by atoms with Crippen molar-refractivity contribution in [3.63, 3.8) is 0 Å². The Balaban J connectivity index is 0.000000671. The predicted octanol–water partition coefficient (Wildman–Crippen LogP) is 3.68. The number of aryl methyl sites for hydroxylation is 1. The van der Waals surface area contributed by atoms with Gasteiger partial charge in [0.1, 0.15) is 0 Å². The first-order chi connectivity index (χ1) is 6.11. The van der Waals surface area contributed by atoms with E-state index in [1.165, 1.54) is 0 Å². The van der Waals surface area contributed by atoms with Crippen molar-refractivity contribution in [3.05, 3.63) is 29.3 Å². The van der Waals surface area contributed by atoms with Gasteiger partial charge in [0, 0.05) is 11.3 Å². The summed E-state index contributed by atoms with van der Waals surface area (Å²) in [4.78, 5) is 3.73. The molecule has 13 heavy (non-hydrogen) atoms. The van der Waals surface area contributed by atoms with Gasteiger partial charge in [0.15, 0.2) is 0 Å². The van der Waals surface area contributed by atoms with Crippen LogP contribution in [0.25, 0.3) is 0 Å². The lowest BCUT2D eigenvalue weighted by atomic mass is 10.1. The van der Waals surface area contributed by atoms with Gasteiger partial charge in [0.05, 0.1) is 0 Å². The number of nitrogens with zero attached hydrogens (tertiary/aromatic N) is 1. The Morgan fingerprint density at radius 1 is 1.23 bits per heavy atom. The minimum atomic E-state index is -0.333. The van der Waals surface area contributed by atoms with Crippen molar-refractivity contribution >= 4 is 0 Å². The minimum absolute atomic E-state index is 0.211. The van der Waals surface area contributed by atoms with Gasteiger partial charge in [-0.05, 0) is 18.9 Å². The second-order valence-electron chi connectivity index (χ2n) is 2.99. The van der Waals surface area contributed by atoms with Gasteiger partial charge in [-0.15, -0.1) is 0 Å². The molecule has 74 valence electrons. The van der Waals surface area contributed by atoms with E-state index < -0.39 is 0 Å². The zero-order valence-corrected chi connectivity index (χ0v) is 9.06. The summed E-state index contributed by atoms with van der Waals surface area (Å²) in [6.45, 7) is 9.69. The Morgan fingerprint density at radius 2 is 1.77 bits per heavy atom. The summed E-state index contributed by atoms with van der Waals surface area (Å²) in [7, 11) is 0. The first kappa shape index (κ1) is 12.1. The molecule has 0 aliphatic rings. The molecule has 2 heteroatoms. The van der Waals surface area contributed by atoms with E-state index in [2.05, 4.69) is 4.98 Å². The summed E-state index contributed by atoms with van der Waals surface area (Å²) in [5, 5.41) is 0. The van der Waals surface area contributed by atoms with E-state index in [1.54, 1.807) is 13.0 Å². The highest BCUT2D eigenvalue weighted by Crippen LogP contribution is 2.16. The Hall–Kier alpha value is -0.920. The number of halogens is 1. The summed E-state index contributed by atoms with van der Waals surface area (Å²) >= 11 is 0. The third-order valence-corrected chi connectivity index (χ3v) is 1.64. The Bertz CT molecular complexity index is 256. The molecule has 0 amide bonds. The molecule has 0 saturated carbocycles.